The van der Waals surface area contributed by atoms with E-state index >= 15 is 0 Å². The van der Waals surface area contributed by atoms with E-state index in [1.54, 1.807) is 18.5 Å². The van der Waals surface area contributed by atoms with Crippen LogP contribution in [-0.2, 0) is 0 Å². The number of benzene rings is 1. The van der Waals surface area contributed by atoms with Crippen LogP contribution in [0.2, 0.25) is 0 Å². The molecule has 0 amide bonds. The molecule has 3 aromatic rings. The van der Waals surface area contributed by atoms with Gasteiger partial charge in [0.25, 0.3) is 0 Å². The second-order valence-corrected chi connectivity index (χ2v) is 5.00. The van der Waals surface area contributed by atoms with E-state index in [1.807, 2.05) is 10.6 Å². The minimum Gasteiger partial charge on any atom is -0.329 e. The van der Waals surface area contributed by atoms with Crippen molar-refractivity contribution in [1.82, 2.24) is 14.5 Å². The van der Waals surface area contributed by atoms with Gasteiger partial charge in [0.15, 0.2) is 4.77 Å². The number of aromatic nitrogens is 3. The first-order chi connectivity index (χ1) is 8.66. The molecule has 18 heavy (non-hydrogen) atoms. The van der Waals surface area contributed by atoms with Gasteiger partial charge in [-0.15, -0.1) is 0 Å². The molecule has 0 saturated heterocycles. The van der Waals surface area contributed by atoms with Crippen LogP contribution < -0.4 is 0 Å². The van der Waals surface area contributed by atoms with Crippen molar-refractivity contribution in [3.63, 3.8) is 0 Å². The molecule has 1 aromatic carbocycles. The van der Waals surface area contributed by atoms with E-state index in [1.165, 1.54) is 12.1 Å². The number of rotatable bonds is 1. The fourth-order valence-electron chi connectivity index (χ4n) is 1.86. The Morgan fingerprint density at radius 3 is 2.94 bits per heavy atom. The summed E-state index contributed by atoms with van der Waals surface area (Å²) in [6.45, 7) is 0. The van der Waals surface area contributed by atoms with Gasteiger partial charge < -0.3 is 4.98 Å². The van der Waals surface area contributed by atoms with E-state index in [4.69, 9.17) is 12.2 Å². The molecule has 0 aliphatic heterocycles. The Morgan fingerprint density at radius 1 is 1.33 bits per heavy atom. The summed E-state index contributed by atoms with van der Waals surface area (Å²) in [5, 5.41) is 0. The molecular formula is C12H7BrFN3S. The number of fused-ring (bicyclic) bond motifs is 1. The zero-order valence-corrected chi connectivity index (χ0v) is 11.4. The Morgan fingerprint density at radius 2 is 2.17 bits per heavy atom. The lowest BCUT2D eigenvalue weighted by molar-refractivity contribution is 0.626. The quantitative estimate of drug-likeness (QED) is 0.687. The van der Waals surface area contributed by atoms with Crippen molar-refractivity contribution < 1.29 is 4.39 Å². The molecule has 0 aliphatic rings. The van der Waals surface area contributed by atoms with Gasteiger partial charge in [-0.2, -0.15) is 0 Å². The molecule has 0 atom stereocenters. The Labute approximate surface area is 115 Å². The van der Waals surface area contributed by atoms with Gasteiger partial charge in [0.2, 0.25) is 0 Å². The Bertz CT molecular complexity index is 793. The van der Waals surface area contributed by atoms with Crippen LogP contribution in [-0.4, -0.2) is 14.5 Å². The summed E-state index contributed by atoms with van der Waals surface area (Å²) in [6.07, 6.45) is 3.40. The smallest absolute Gasteiger partial charge is 0.182 e. The molecule has 2 heterocycles. The van der Waals surface area contributed by atoms with Crippen molar-refractivity contribution in [2.75, 3.05) is 0 Å². The van der Waals surface area contributed by atoms with Crippen molar-refractivity contribution in [3.05, 3.63) is 51.7 Å². The summed E-state index contributed by atoms with van der Waals surface area (Å²) in [4.78, 5) is 7.10. The van der Waals surface area contributed by atoms with Gasteiger partial charge in [0.05, 0.1) is 22.9 Å². The monoisotopic (exact) mass is 323 g/mol. The van der Waals surface area contributed by atoms with Crippen molar-refractivity contribution in [1.29, 1.82) is 0 Å². The maximum absolute atomic E-state index is 13.1. The number of pyridine rings is 1. The van der Waals surface area contributed by atoms with Gasteiger partial charge in [-0.3, -0.25) is 9.55 Å². The first-order valence-corrected chi connectivity index (χ1v) is 6.37. The number of nitrogens with one attached hydrogen (secondary N) is 1. The lowest BCUT2D eigenvalue weighted by Gasteiger charge is -2.07. The minimum absolute atomic E-state index is 0.293. The van der Waals surface area contributed by atoms with E-state index in [-0.39, 0.29) is 5.82 Å². The second kappa shape index (κ2) is 4.29. The highest BCUT2D eigenvalue weighted by Crippen LogP contribution is 2.26. The first kappa shape index (κ1) is 11.6. The van der Waals surface area contributed by atoms with Crippen LogP contribution in [0.4, 0.5) is 4.39 Å². The van der Waals surface area contributed by atoms with Crippen LogP contribution in [0.3, 0.4) is 0 Å². The molecule has 6 heteroatoms. The third-order valence-corrected chi connectivity index (χ3v) is 3.55. The van der Waals surface area contributed by atoms with Gasteiger partial charge >= 0.3 is 0 Å². The van der Waals surface area contributed by atoms with E-state index in [0.29, 0.717) is 9.24 Å². The van der Waals surface area contributed by atoms with E-state index in [9.17, 15) is 4.39 Å². The Kier molecular flexibility index (Phi) is 2.76. The SMILES string of the molecule is Fc1ccc(-n2c(=S)[nH]c3cnccc32)c(Br)c1. The fraction of sp³-hybridized carbons (Fsp3) is 0. The lowest BCUT2D eigenvalue weighted by atomic mass is 10.3. The van der Waals surface area contributed by atoms with Crippen LogP contribution in [0.5, 0.6) is 0 Å². The standard InChI is InChI=1S/C12H7BrFN3S/c13-8-5-7(14)1-2-10(8)17-11-3-4-15-6-9(11)16-12(17)18/h1-6H,(H,16,18). The van der Waals surface area contributed by atoms with Crippen LogP contribution in [0.1, 0.15) is 0 Å². The normalized spacial score (nSPS) is 11.0. The van der Waals surface area contributed by atoms with E-state index in [2.05, 4.69) is 25.9 Å². The maximum atomic E-state index is 13.1. The molecule has 2 aromatic heterocycles. The maximum Gasteiger partial charge on any atom is 0.182 e. The van der Waals surface area contributed by atoms with Crippen molar-refractivity contribution in [3.8, 4) is 5.69 Å². The number of imidazole rings is 1. The molecule has 0 radical (unpaired) electrons. The fourth-order valence-corrected chi connectivity index (χ4v) is 2.70. The van der Waals surface area contributed by atoms with Gasteiger partial charge in [-0.25, -0.2) is 4.39 Å². The van der Waals surface area contributed by atoms with Gasteiger partial charge in [0, 0.05) is 10.7 Å². The molecule has 3 rings (SSSR count). The van der Waals surface area contributed by atoms with Crippen molar-refractivity contribution in [2.45, 2.75) is 0 Å². The van der Waals surface area contributed by atoms with Gasteiger partial charge in [-0.05, 0) is 52.4 Å². The van der Waals surface area contributed by atoms with Crippen LogP contribution in [0.25, 0.3) is 16.7 Å². The molecule has 0 unspecified atom stereocenters. The molecule has 3 nitrogen and oxygen atoms in total. The van der Waals surface area contributed by atoms with Crippen molar-refractivity contribution >= 4 is 39.2 Å². The highest BCUT2D eigenvalue weighted by Gasteiger charge is 2.09. The second-order valence-electron chi connectivity index (χ2n) is 3.75. The highest BCUT2D eigenvalue weighted by molar-refractivity contribution is 9.10. The summed E-state index contributed by atoms with van der Waals surface area (Å²) in [5.41, 5.74) is 2.54. The topological polar surface area (TPSA) is 33.6 Å². The molecule has 0 saturated carbocycles. The zero-order valence-electron chi connectivity index (χ0n) is 9.02. The number of halogens is 2. The van der Waals surface area contributed by atoms with E-state index < -0.39 is 0 Å². The molecule has 0 fully saturated rings. The molecule has 1 N–H and O–H groups in total. The highest BCUT2D eigenvalue weighted by atomic mass is 79.9. The number of aromatic amines is 1. The predicted octanol–water partition coefficient (Wildman–Crippen LogP) is 3.98. The summed E-state index contributed by atoms with van der Waals surface area (Å²) >= 11 is 8.64. The number of hydrogen-bond donors (Lipinski definition) is 1. The van der Waals surface area contributed by atoms with Crippen LogP contribution in [0.15, 0.2) is 41.1 Å². The average Bonchev–Trinajstić information content (AvgIpc) is 2.66. The summed E-state index contributed by atoms with van der Waals surface area (Å²) in [5.74, 6) is -0.293. The Hall–Kier alpha value is -1.53. The number of hydrogen-bond acceptors (Lipinski definition) is 2. The lowest BCUT2D eigenvalue weighted by Crippen LogP contribution is -1.95. The summed E-state index contributed by atoms with van der Waals surface area (Å²) in [6, 6.07) is 6.36. The van der Waals surface area contributed by atoms with Crippen LogP contribution in [0, 0.1) is 10.6 Å². The van der Waals surface area contributed by atoms with Crippen LogP contribution >= 0.6 is 28.1 Å². The largest absolute Gasteiger partial charge is 0.329 e. The minimum atomic E-state index is -0.293. The third kappa shape index (κ3) is 1.77. The molecule has 0 spiro atoms. The first-order valence-electron chi connectivity index (χ1n) is 5.17. The summed E-state index contributed by atoms with van der Waals surface area (Å²) < 4.78 is 16.2. The van der Waals surface area contributed by atoms with E-state index in [0.717, 1.165) is 16.7 Å². The number of nitrogens with zero attached hydrogens (tertiary/aromatic N) is 2. The van der Waals surface area contributed by atoms with Gasteiger partial charge in [-0.1, -0.05) is 0 Å². The molecular weight excluding hydrogens is 317 g/mol. The predicted molar refractivity (Wildman–Crippen MR) is 73.9 cm³/mol. The third-order valence-electron chi connectivity index (χ3n) is 2.63. The van der Waals surface area contributed by atoms with Crippen molar-refractivity contribution in [2.24, 2.45) is 0 Å². The molecule has 0 bridgehead atoms. The molecule has 0 aliphatic carbocycles. The summed E-state index contributed by atoms with van der Waals surface area (Å²) in [7, 11) is 0. The molecule has 90 valence electrons. The number of H-pyrrole nitrogens is 1. The average molecular weight is 324 g/mol. The Balaban J connectivity index is 2.38. The van der Waals surface area contributed by atoms with Gasteiger partial charge in [0.1, 0.15) is 5.82 Å². The zero-order chi connectivity index (χ0) is 12.7.